The van der Waals surface area contributed by atoms with Crippen LogP contribution in [0.3, 0.4) is 0 Å². The molecule has 6 nitrogen and oxygen atoms in total. The third kappa shape index (κ3) is 17.0. The minimum atomic E-state index is -4.06. The van der Waals surface area contributed by atoms with E-state index in [-0.39, 0.29) is 12.7 Å². The van der Waals surface area contributed by atoms with E-state index in [2.05, 4.69) is 22.9 Å². The van der Waals surface area contributed by atoms with Crippen molar-refractivity contribution in [2.24, 2.45) is 0 Å². The van der Waals surface area contributed by atoms with Crippen LogP contribution in [0.1, 0.15) is 110 Å². The lowest BCUT2D eigenvalue weighted by Gasteiger charge is -2.32. The fraction of sp³-hybridized carbons (Fsp3) is 1.00. The van der Waals surface area contributed by atoms with E-state index < -0.39 is 13.9 Å². The average Bonchev–Trinajstić information content (AvgIpc) is 2.78. The van der Waals surface area contributed by atoms with Crippen molar-refractivity contribution in [3.8, 4) is 0 Å². The second-order valence-electron chi connectivity index (χ2n) is 8.86. The van der Waals surface area contributed by atoms with Gasteiger partial charge in [0.05, 0.1) is 19.3 Å². The zero-order valence-corrected chi connectivity index (χ0v) is 22.8. The molecule has 0 aromatic carbocycles. The molecule has 0 bridgehead atoms. The molecule has 1 N–H and O–H groups in total. The summed E-state index contributed by atoms with van der Waals surface area (Å²) in [6.07, 6.45) is 19.4. The number of alkyl halides is 1. The van der Waals surface area contributed by atoms with Crippen LogP contribution in [0, 0.1) is 0 Å². The summed E-state index contributed by atoms with van der Waals surface area (Å²) < 4.78 is 33.7. The zero-order chi connectivity index (χ0) is 23.3. The first-order chi connectivity index (χ1) is 15.6. The SMILES string of the molecule is CCCCCCCCCCCCCCCCOC[C@@H]1OCCC[C@@H]1OP(=O)(O)OCCBr. The third-order valence-corrected chi connectivity index (χ3v) is 7.27. The highest BCUT2D eigenvalue weighted by Gasteiger charge is 2.34. The van der Waals surface area contributed by atoms with Crippen LogP contribution in [0.15, 0.2) is 0 Å². The van der Waals surface area contributed by atoms with Gasteiger partial charge in [-0.25, -0.2) is 4.57 Å². The number of ether oxygens (including phenoxy) is 2. The number of hydrogen-bond acceptors (Lipinski definition) is 5. The van der Waals surface area contributed by atoms with Crippen LogP contribution in [0.4, 0.5) is 0 Å². The van der Waals surface area contributed by atoms with Crippen molar-refractivity contribution in [2.45, 2.75) is 122 Å². The molecule has 3 atom stereocenters. The van der Waals surface area contributed by atoms with Gasteiger partial charge in [-0.15, -0.1) is 0 Å². The number of phosphoric acid groups is 1. The molecule has 1 unspecified atom stereocenters. The number of halogens is 1. The zero-order valence-electron chi connectivity index (χ0n) is 20.3. The summed E-state index contributed by atoms with van der Waals surface area (Å²) in [7, 11) is -4.06. The summed E-state index contributed by atoms with van der Waals surface area (Å²) in [5.74, 6) is 0. The molecule has 0 aromatic heterocycles. The molecule has 1 fully saturated rings. The van der Waals surface area contributed by atoms with Crippen molar-refractivity contribution in [1.82, 2.24) is 0 Å². The number of hydrogen-bond donors (Lipinski definition) is 1. The van der Waals surface area contributed by atoms with Crippen molar-refractivity contribution in [3.63, 3.8) is 0 Å². The largest absolute Gasteiger partial charge is 0.472 e. The minimum Gasteiger partial charge on any atom is -0.379 e. The van der Waals surface area contributed by atoms with Gasteiger partial charge >= 0.3 is 7.82 Å². The van der Waals surface area contributed by atoms with Crippen molar-refractivity contribution in [1.29, 1.82) is 0 Å². The smallest absolute Gasteiger partial charge is 0.379 e. The monoisotopic (exact) mass is 542 g/mol. The Labute approximate surface area is 205 Å². The molecule has 0 aromatic rings. The lowest BCUT2D eigenvalue weighted by Crippen LogP contribution is -2.39. The Kier molecular flexibility index (Phi) is 19.9. The molecule has 1 heterocycles. The summed E-state index contributed by atoms with van der Waals surface area (Å²) in [4.78, 5) is 9.82. The standard InChI is InChI=1S/C24H48BrO6P/c1-2-3-4-5-6-7-8-9-10-11-12-13-14-15-19-28-22-24-23(17-16-20-29-24)31-32(26,27)30-21-18-25/h23-24H,2-22H2,1H3,(H,26,27)/t23-,24-/m0/s1. The molecule has 0 amide bonds. The summed E-state index contributed by atoms with van der Waals surface area (Å²) >= 11 is 3.17. The Hall–Kier alpha value is 0.510. The van der Waals surface area contributed by atoms with Gasteiger partial charge in [0.15, 0.2) is 0 Å². The molecule has 1 aliphatic rings. The van der Waals surface area contributed by atoms with Gasteiger partial charge in [0.1, 0.15) is 6.10 Å². The summed E-state index contributed by atoms with van der Waals surface area (Å²) in [6, 6.07) is 0. The quantitative estimate of drug-likeness (QED) is 0.0863. The van der Waals surface area contributed by atoms with Crippen molar-refractivity contribution >= 4 is 23.8 Å². The van der Waals surface area contributed by atoms with Gasteiger partial charge in [0.2, 0.25) is 0 Å². The first-order valence-corrected chi connectivity index (χ1v) is 15.6. The van der Waals surface area contributed by atoms with Crippen LogP contribution in [0.2, 0.25) is 0 Å². The van der Waals surface area contributed by atoms with E-state index in [4.69, 9.17) is 18.5 Å². The van der Waals surface area contributed by atoms with Gasteiger partial charge in [-0.1, -0.05) is 106 Å². The minimum absolute atomic E-state index is 0.127. The second-order valence-corrected chi connectivity index (χ2v) is 11.1. The number of phosphoric ester groups is 1. The maximum absolute atomic E-state index is 12.0. The van der Waals surface area contributed by atoms with Crippen LogP contribution in [-0.2, 0) is 23.1 Å². The maximum atomic E-state index is 12.0. The van der Waals surface area contributed by atoms with Crippen LogP contribution in [0.5, 0.6) is 0 Å². The topological polar surface area (TPSA) is 74.2 Å². The van der Waals surface area contributed by atoms with Crippen molar-refractivity contribution in [2.75, 3.05) is 31.8 Å². The van der Waals surface area contributed by atoms with Gasteiger partial charge in [-0.2, -0.15) is 0 Å². The fourth-order valence-electron chi connectivity index (χ4n) is 4.04. The number of unbranched alkanes of at least 4 members (excludes halogenated alkanes) is 13. The Morgan fingerprint density at radius 1 is 0.906 bits per heavy atom. The normalized spacial score (nSPS) is 21.0. The van der Waals surface area contributed by atoms with E-state index in [1.54, 1.807) is 0 Å². The molecule has 1 saturated heterocycles. The van der Waals surface area contributed by atoms with Gasteiger partial charge in [-0.05, 0) is 19.3 Å². The van der Waals surface area contributed by atoms with Gasteiger partial charge in [0.25, 0.3) is 0 Å². The Balaban J connectivity index is 1.95. The Morgan fingerprint density at radius 3 is 2.03 bits per heavy atom. The molecule has 1 rings (SSSR count). The van der Waals surface area contributed by atoms with Crippen molar-refractivity contribution < 1.29 is 28.0 Å². The lowest BCUT2D eigenvalue weighted by molar-refractivity contribution is -0.105. The first-order valence-electron chi connectivity index (χ1n) is 13.0. The summed E-state index contributed by atoms with van der Waals surface area (Å²) in [5, 5.41) is 0.480. The molecule has 0 saturated carbocycles. The molecule has 0 spiro atoms. The van der Waals surface area contributed by atoms with E-state index in [0.717, 1.165) is 12.8 Å². The molecule has 8 heteroatoms. The molecular weight excluding hydrogens is 495 g/mol. The lowest BCUT2D eigenvalue weighted by atomic mass is 10.0. The fourth-order valence-corrected chi connectivity index (χ4v) is 5.42. The van der Waals surface area contributed by atoms with Gasteiger partial charge in [-0.3, -0.25) is 9.05 Å². The highest BCUT2D eigenvalue weighted by Crippen LogP contribution is 2.46. The highest BCUT2D eigenvalue weighted by atomic mass is 79.9. The highest BCUT2D eigenvalue weighted by molar-refractivity contribution is 9.09. The van der Waals surface area contributed by atoms with Crippen LogP contribution >= 0.6 is 23.8 Å². The molecule has 192 valence electrons. The maximum Gasteiger partial charge on any atom is 0.472 e. The van der Waals surface area contributed by atoms with E-state index in [9.17, 15) is 9.46 Å². The van der Waals surface area contributed by atoms with Gasteiger partial charge < -0.3 is 14.4 Å². The van der Waals surface area contributed by atoms with E-state index in [0.29, 0.717) is 31.6 Å². The van der Waals surface area contributed by atoms with E-state index in [1.807, 2.05) is 0 Å². The van der Waals surface area contributed by atoms with E-state index in [1.165, 1.54) is 83.5 Å². The molecule has 0 aliphatic carbocycles. The van der Waals surface area contributed by atoms with E-state index >= 15 is 0 Å². The summed E-state index contributed by atoms with van der Waals surface area (Å²) in [5.41, 5.74) is 0. The van der Waals surface area contributed by atoms with Crippen LogP contribution in [0.25, 0.3) is 0 Å². The number of rotatable bonds is 22. The third-order valence-electron chi connectivity index (χ3n) is 5.90. The van der Waals surface area contributed by atoms with Crippen LogP contribution in [-0.4, -0.2) is 48.9 Å². The molecule has 32 heavy (non-hydrogen) atoms. The second kappa shape index (κ2) is 20.8. The van der Waals surface area contributed by atoms with Crippen molar-refractivity contribution in [3.05, 3.63) is 0 Å². The summed E-state index contributed by atoms with van der Waals surface area (Å²) in [6.45, 7) is 4.11. The molecule has 1 aliphatic heterocycles. The molecule has 0 radical (unpaired) electrons. The predicted molar refractivity (Wildman–Crippen MR) is 135 cm³/mol. The first kappa shape index (κ1) is 30.5. The molecular formula is C24H48BrO6P. The Morgan fingerprint density at radius 2 is 1.47 bits per heavy atom. The predicted octanol–water partition coefficient (Wildman–Crippen LogP) is 7.56. The Bertz CT molecular complexity index is 468. The van der Waals surface area contributed by atoms with Crippen LogP contribution < -0.4 is 0 Å². The van der Waals surface area contributed by atoms with Gasteiger partial charge in [0, 0.05) is 18.5 Å². The average molecular weight is 544 g/mol.